The molecule has 0 atom stereocenters. The van der Waals surface area contributed by atoms with Gasteiger partial charge in [0.15, 0.2) is 0 Å². The van der Waals surface area contributed by atoms with Crippen molar-refractivity contribution in [2.75, 3.05) is 38.3 Å². The Kier molecular flexibility index (Phi) is 4.82. The fourth-order valence-electron chi connectivity index (χ4n) is 3.07. The lowest BCUT2D eigenvalue weighted by Crippen LogP contribution is -2.36. The second-order valence-corrected chi connectivity index (χ2v) is 5.44. The van der Waals surface area contributed by atoms with E-state index in [1.807, 2.05) is 11.7 Å². The molecule has 19 heavy (non-hydrogen) atoms. The number of aryl methyl sites for hydroxylation is 2. The summed E-state index contributed by atoms with van der Waals surface area (Å²) in [6, 6.07) is 0. The van der Waals surface area contributed by atoms with Crippen LogP contribution in [-0.2, 0) is 18.2 Å². The number of hydrogen-bond donors (Lipinski definition) is 1. The summed E-state index contributed by atoms with van der Waals surface area (Å²) in [4.78, 5) is 2.46. The molecule has 0 bridgehead atoms. The first-order chi connectivity index (χ1) is 9.17. The fraction of sp³-hybridized carbons (Fsp3) is 0.786. The van der Waals surface area contributed by atoms with Gasteiger partial charge in [0.25, 0.3) is 0 Å². The third-order valence-corrected chi connectivity index (χ3v) is 4.02. The highest BCUT2D eigenvalue weighted by atomic mass is 16.5. The second-order valence-electron chi connectivity index (χ2n) is 5.44. The Morgan fingerprint density at radius 2 is 2.05 bits per heavy atom. The maximum absolute atomic E-state index is 5.73. The minimum atomic E-state index is 0.680. The predicted octanol–water partition coefficient (Wildman–Crippen LogP) is 1.09. The monoisotopic (exact) mass is 266 g/mol. The average molecular weight is 266 g/mol. The van der Waals surface area contributed by atoms with Crippen LogP contribution in [0.15, 0.2) is 0 Å². The number of rotatable bonds is 5. The highest BCUT2D eigenvalue weighted by molar-refractivity contribution is 5.50. The lowest BCUT2D eigenvalue weighted by atomic mass is 9.97. The van der Waals surface area contributed by atoms with E-state index in [2.05, 4.69) is 16.9 Å². The van der Waals surface area contributed by atoms with Crippen LogP contribution in [0.3, 0.4) is 0 Å². The van der Waals surface area contributed by atoms with Gasteiger partial charge in [-0.2, -0.15) is 5.10 Å². The van der Waals surface area contributed by atoms with Crippen molar-refractivity contribution >= 4 is 5.82 Å². The molecule has 1 aromatic rings. The summed E-state index contributed by atoms with van der Waals surface area (Å²) in [5, 5.41) is 4.55. The van der Waals surface area contributed by atoms with Crippen LogP contribution in [0.5, 0.6) is 0 Å². The maximum atomic E-state index is 5.73. The molecular formula is C14H26N4O. The Labute approximate surface area is 115 Å². The van der Waals surface area contributed by atoms with E-state index in [-0.39, 0.29) is 0 Å². The molecule has 108 valence electrons. The number of aromatic nitrogens is 2. The molecule has 5 nitrogen and oxygen atoms in total. The minimum absolute atomic E-state index is 0.680. The molecule has 0 aromatic carbocycles. The Morgan fingerprint density at radius 3 is 2.63 bits per heavy atom. The van der Waals surface area contributed by atoms with Crippen LogP contribution in [0.4, 0.5) is 5.82 Å². The normalized spacial score (nSPS) is 17.2. The van der Waals surface area contributed by atoms with Crippen LogP contribution >= 0.6 is 0 Å². The van der Waals surface area contributed by atoms with Gasteiger partial charge in [-0.3, -0.25) is 4.68 Å². The first-order valence-corrected chi connectivity index (χ1v) is 7.13. The van der Waals surface area contributed by atoms with Gasteiger partial charge in [0.05, 0.1) is 5.69 Å². The van der Waals surface area contributed by atoms with E-state index in [9.17, 15) is 0 Å². The first-order valence-electron chi connectivity index (χ1n) is 7.13. The zero-order chi connectivity index (χ0) is 13.8. The molecule has 1 aromatic heterocycles. The Hall–Kier alpha value is -1.07. The van der Waals surface area contributed by atoms with Crippen LogP contribution in [-0.4, -0.2) is 43.1 Å². The van der Waals surface area contributed by atoms with E-state index in [0.29, 0.717) is 12.5 Å². The number of methoxy groups -OCH3 is 1. The largest absolute Gasteiger partial charge is 0.384 e. The molecule has 1 aliphatic heterocycles. The van der Waals surface area contributed by atoms with Gasteiger partial charge >= 0.3 is 0 Å². The molecule has 1 aliphatic rings. The van der Waals surface area contributed by atoms with Crippen LogP contribution in [0.25, 0.3) is 0 Å². The quantitative estimate of drug-likeness (QED) is 0.867. The van der Waals surface area contributed by atoms with Gasteiger partial charge in [-0.1, -0.05) is 0 Å². The number of nitrogens with zero attached hydrogens (tertiary/aromatic N) is 3. The number of hydrogen-bond acceptors (Lipinski definition) is 4. The molecule has 0 unspecified atom stereocenters. The van der Waals surface area contributed by atoms with Gasteiger partial charge < -0.3 is 15.4 Å². The lowest BCUT2D eigenvalue weighted by molar-refractivity contribution is 0.139. The summed E-state index contributed by atoms with van der Waals surface area (Å²) in [6.07, 6.45) is 3.30. The highest BCUT2D eigenvalue weighted by Crippen LogP contribution is 2.28. The van der Waals surface area contributed by atoms with E-state index in [1.54, 1.807) is 7.11 Å². The third-order valence-electron chi connectivity index (χ3n) is 4.02. The van der Waals surface area contributed by atoms with Crippen molar-refractivity contribution in [2.24, 2.45) is 18.7 Å². The van der Waals surface area contributed by atoms with E-state index in [1.165, 1.54) is 24.2 Å². The van der Waals surface area contributed by atoms with Gasteiger partial charge in [0.2, 0.25) is 0 Å². The number of piperidine rings is 1. The molecule has 0 amide bonds. The van der Waals surface area contributed by atoms with E-state index in [0.717, 1.165) is 31.8 Å². The summed E-state index contributed by atoms with van der Waals surface area (Å²) in [6.45, 7) is 5.81. The fourth-order valence-corrected chi connectivity index (χ4v) is 3.07. The molecule has 0 spiro atoms. The zero-order valence-corrected chi connectivity index (χ0v) is 12.4. The highest BCUT2D eigenvalue weighted by Gasteiger charge is 2.24. The number of anilines is 1. The molecule has 0 saturated carbocycles. The van der Waals surface area contributed by atoms with Crippen LogP contribution < -0.4 is 10.6 Å². The van der Waals surface area contributed by atoms with Crippen LogP contribution in [0, 0.1) is 12.8 Å². The number of ether oxygens (including phenoxy) is 1. The molecule has 0 aliphatic carbocycles. The third kappa shape index (κ3) is 3.09. The summed E-state index contributed by atoms with van der Waals surface area (Å²) < 4.78 is 7.27. The topological polar surface area (TPSA) is 56.3 Å². The smallest absolute Gasteiger partial charge is 0.130 e. The molecule has 2 N–H and O–H groups in total. The first kappa shape index (κ1) is 14.3. The van der Waals surface area contributed by atoms with Crippen LogP contribution in [0.2, 0.25) is 0 Å². The zero-order valence-electron chi connectivity index (χ0n) is 12.4. The maximum Gasteiger partial charge on any atom is 0.130 e. The second kappa shape index (κ2) is 6.39. The summed E-state index contributed by atoms with van der Waals surface area (Å²) in [5.74, 6) is 1.97. The Bertz CT molecular complexity index is 408. The van der Waals surface area contributed by atoms with E-state index < -0.39 is 0 Å². The van der Waals surface area contributed by atoms with Crippen molar-refractivity contribution in [3.8, 4) is 0 Å². The van der Waals surface area contributed by atoms with Crippen molar-refractivity contribution in [2.45, 2.75) is 26.2 Å². The molecule has 2 rings (SSSR count). The van der Waals surface area contributed by atoms with E-state index in [4.69, 9.17) is 10.5 Å². The Morgan fingerprint density at radius 1 is 1.37 bits per heavy atom. The minimum Gasteiger partial charge on any atom is -0.384 e. The van der Waals surface area contributed by atoms with Crippen molar-refractivity contribution < 1.29 is 4.74 Å². The summed E-state index contributed by atoms with van der Waals surface area (Å²) in [7, 11) is 3.82. The summed E-state index contributed by atoms with van der Waals surface area (Å²) in [5.41, 5.74) is 8.15. The lowest BCUT2D eigenvalue weighted by Gasteiger charge is -2.33. The standard InChI is InChI=1S/C14H26N4O/c1-11-13(4-7-15)14(17(2)16-11)18-8-5-12(6-9-18)10-19-3/h12H,4-10,15H2,1-3H3. The van der Waals surface area contributed by atoms with Crippen LogP contribution in [0.1, 0.15) is 24.1 Å². The average Bonchev–Trinajstić information content (AvgIpc) is 2.67. The van der Waals surface area contributed by atoms with Gasteiger partial charge in [-0.15, -0.1) is 0 Å². The summed E-state index contributed by atoms with van der Waals surface area (Å²) >= 11 is 0. The van der Waals surface area contributed by atoms with Gasteiger partial charge in [-0.05, 0) is 38.6 Å². The Balaban J connectivity index is 2.10. The van der Waals surface area contributed by atoms with Gasteiger partial charge in [0.1, 0.15) is 5.82 Å². The van der Waals surface area contributed by atoms with Crippen molar-refractivity contribution in [3.05, 3.63) is 11.3 Å². The SMILES string of the molecule is COCC1CCN(c2c(CCN)c(C)nn2C)CC1. The molecular weight excluding hydrogens is 240 g/mol. The molecule has 5 heteroatoms. The molecule has 1 fully saturated rings. The molecule has 2 heterocycles. The predicted molar refractivity (Wildman–Crippen MR) is 77.5 cm³/mol. The van der Waals surface area contributed by atoms with Gasteiger partial charge in [-0.25, -0.2) is 0 Å². The van der Waals surface area contributed by atoms with Crippen molar-refractivity contribution in [1.82, 2.24) is 9.78 Å². The van der Waals surface area contributed by atoms with Gasteiger partial charge in [0, 0.05) is 39.4 Å². The number of nitrogens with two attached hydrogens (primary N) is 1. The van der Waals surface area contributed by atoms with E-state index >= 15 is 0 Å². The molecule has 1 saturated heterocycles. The van der Waals surface area contributed by atoms with Crippen molar-refractivity contribution in [1.29, 1.82) is 0 Å². The molecule has 0 radical (unpaired) electrons. The van der Waals surface area contributed by atoms with Crippen molar-refractivity contribution in [3.63, 3.8) is 0 Å².